The Morgan fingerprint density at radius 3 is 2.80 bits per heavy atom. The van der Waals surface area contributed by atoms with Gasteiger partial charge in [-0.3, -0.25) is 0 Å². The Morgan fingerprint density at radius 2 is 2.10 bits per heavy atom. The third kappa shape index (κ3) is 3.90. The summed E-state index contributed by atoms with van der Waals surface area (Å²) in [5, 5.41) is 7.53. The number of likely N-dealkylation sites (N-methyl/N-ethyl adjacent to an activating group) is 1. The molecule has 2 rings (SSSR count). The summed E-state index contributed by atoms with van der Waals surface area (Å²) in [7, 11) is 0. The predicted molar refractivity (Wildman–Crippen MR) is 83.5 cm³/mol. The molecule has 1 heterocycles. The highest BCUT2D eigenvalue weighted by atomic mass is 79.9. The Labute approximate surface area is 128 Å². The van der Waals surface area contributed by atoms with E-state index in [4.69, 9.17) is 4.52 Å². The lowest BCUT2D eigenvalue weighted by Crippen LogP contribution is -2.30. The van der Waals surface area contributed by atoms with Crippen molar-refractivity contribution >= 4 is 15.9 Å². The number of halogens is 1. The molecule has 0 radical (unpaired) electrons. The number of hydrogen-bond acceptors (Lipinski definition) is 4. The van der Waals surface area contributed by atoms with Crippen LogP contribution in [0, 0.1) is 0 Å². The summed E-state index contributed by atoms with van der Waals surface area (Å²) < 4.78 is 6.35. The zero-order valence-corrected chi connectivity index (χ0v) is 13.5. The van der Waals surface area contributed by atoms with E-state index in [0.717, 1.165) is 35.8 Å². The van der Waals surface area contributed by atoms with Crippen LogP contribution >= 0.6 is 15.9 Å². The molecule has 0 aliphatic rings. The van der Waals surface area contributed by atoms with Crippen molar-refractivity contribution in [2.24, 2.45) is 0 Å². The molecule has 0 bridgehead atoms. The van der Waals surface area contributed by atoms with E-state index in [0.29, 0.717) is 17.8 Å². The molecule has 1 aromatic carbocycles. The lowest BCUT2D eigenvalue weighted by Gasteiger charge is -2.14. The van der Waals surface area contributed by atoms with Crippen LogP contribution < -0.4 is 5.32 Å². The van der Waals surface area contributed by atoms with Crippen LogP contribution in [0.5, 0.6) is 0 Å². The second kappa shape index (κ2) is 7.55. The van der Waals surface area contributed by atoms with Crippen molar-refractivity contribution in [2.45, 2.75) is 39.2 Å². The molecule has 20 heavy (non-hydrogen) atoms. The summed E-state index contributed by atoms with van der Waals surface area (Å²) in [5.41, 5.74) is 0.956. The van der Waals surface area contributed by atoms with Crippen LogP contribution in [0.15, 0.2) is 33.3 Å². The molecule has 1 N–H and O–H groups in total. The quantitative estimate of drug-likeness (QED) is 0.834. The van der Waals surface area contributed by atoms with Crippen molar-refractivity contribution in [1.82, 2.24) is 15.5 Å². The van der Waals surface area contributed by atoms with Gasteiger partial charge in [-0.2, -0.15) is 4.98 Å². The molecule has 0 saturated heterocycles. The molecular formula is C15H20BrN3O. The van der Waals surface area contributed by atoms with E-state index in [1.807, 2.05) is 24.3 Å². The van der Waals surface area contributed by atoms with Gasteiger partial charge in [-0.05, 0) is 25.1 Å². The van der Waals surface area contributed by atoms with Crippen LogP contribution in [-0.4, -0.2) is 22.7 Å². The Kier molecular flexibility index (Phi) is 5.73. The van der Waals surface area contributed by atoms with E-state index in [-0.39, 0.29) is 0 Å². The highest BCUT2D eigenvalue weighted by molar-refractivity contribution is 9.10. The molecule has 0 fully saturated rings. The minimum absolute atomic E-state index is 0.400. The molecule has 0 spiro atoms. The normalized spacial score (nSPS) is 12.6. The fourth-order valence-corrected chi connectivity index (χ4v) is 2.68. The SMILES string of the molecule is CCCC(Cc1nc(-c2ccccc2Br)no1)NCC. The van der Waals surface area contributed by atoms with E-state index in [1.165, 1.54) is 0 Å². The Balaban J connectivity index is 2.10. The average molecular weight is 338 g/mol. The van der Waals surface area contributed by atoms with Gasteiger partial charge in [0.25, 0.3) is 0 Å². The van der Waals surface area contributed by atoms with Crippen LogP contribution in [0.25, 0.3) is 11.4 Å². The molecule has 4 nitrogen and oxygen atoms in total. The minimum Gasteiger partial charge on any atom is -0.339 e. The third-order valence-corrected chi connectivity index (χ3v) is 3.83. The fourth-order valence-electron chi connectivity index (χ4n) is 2.21. The number of nitrogens with zero attached hydrogens (tertiary/aromatic N) is 2. The van der Waals surface area contributed by atoms with Gasteiger partial charge in [0.15, 0.2) is 0 Å². The van der Waals surface area contributed by atoms with Gasteiger partial charge < -0.3 is 9.84 Å². The van der Waals surface area contributed by atoms with E-state index >= 15 is 0 Å². The highest BCUT2D eigenvalue weighted by Crippen LogP contribution is 2.25. The highest BCUT2D eigenvalue weighted by Gasteiger charge is 2.15. The van der Waals surface area contributed by atoms with Gasteiger partial charge in [0.1, 0.15) is 0 Å². The third-order valence-electron chi connectivity index (χ3n) is 3.13. The van der Waals surface area contributed by atoms with Crippen molar-refractivity contribution in [1.29, 1.82) is 0 Å². The lowest BCUT2D eigenvalue weighted by molar-refractivity contribution is 0.352. The summed E-state index contributed by atoms with van der Waals surface area (Å²) in [4.78, 5) is 4.50. The topological polar surface area (TPSA) is 51.0 Å². The number of hydrogen-bond donors (Lipinski definition) is 1. The van der Waals surface area contributed by atoms with Gasteiger partial charge in [0.05, 0.1) is 0 Å². The van der Waals surface area contributed by atoms with Crippen molar-refractivity contribution in [2.75, 3.05) is 6.54 Å². The van der Waals surface area contributed by atoms with Gasteiger partial charge in [0.2, 0.25) is 11.7 Å². The lowest BCUT2D eigenvalue weighted by atomic mass is 10.1. The Hall–Kier alpha value is -1.20. The molecule has 0 amide bonds. The maximum absolute atomic E-state index is 5.38. The number of benzene rings is 1. The maximum atomic E-state index is 5.38. The zero-order valence-electron chi connectivity index (χ0n) is 11.9. The van der Waals surface area contributed by atoms with Crippen LogP contribution in [0.2, 0.25) is 0 Å². The zero-order chi connectivity index (χ0) is 14.4. The smallest absolute Gasteiger partial charge is 0.228 e. The van der Waals surface area contributed by atoms with E-state index < -0.39 is 0 Å². The van der Waals surface area contributed by atoms with Crippen molar-refractivity contribution < 1.29 is 4.52 Å². The van der Waals surface area contributed by atoms with Crippen LogP contribution in [-0.2, 0) is 6.42 Å². The molecule has 0 aliphatic heterocycles. The summed E-state index contributed by atoms with van der Waals surface area (Å²) in [6.07, 6.45) is 3.03. The van der Waals surface area contributed by atoms with E-state index in [9.17, 15) is 0 Å². The Morgan fingerprint density at radius 1 is 1.30 bits per heavy atom. The van der Waals surface area contributed by atoms with Crippen LogP contribution in [0.3, 0.4) is 0 Å². The van der Waals surface area contributed by atoms with Gasteiger partial charge >= 0.3 is 0 Å². The standard InChI is InChI=1S/C15H20BrN3O/c1-3-7-11(17-4-2)10-14-18-15(19-20-14)12-8-5-6-9-13(12)16/h5-6,8-9,11,17H,3-4,7,10H2,1-2H3. The fraction of sp³-hybridized carbons (Fsp3) is 0.467. The second-order valence-electron chi connectivity index (χ2n) is 4.74. The van der Waals surface area contributed by atoms with Crippen LogP contribution in [0.4, 0.5) is 0 Å². The Bertz CT molecular complexity index is 535. The molecule has 2 aromatic rings. The number of aromatic nitrogens is 2. The van der Waals surface area contributed by atoms with Crippen LogP contribution in [0.1, 0.15) is 32.6 Å². The average Bonchev–Trinajstić information content (AvgIpc) is 2.88. The van der Waals surface area contributed by atoms with Crippen molar-refractivity contribution in [3.8, 4) is 11.4 Å². The molecule has 1 atom stereocenters. The van der Waals surface area contributed by atoms with E-state index in [1.54, 1.807) is 0 Å². The van der Waals surface area contributed by atoms with Gasteiger partial charge in [0, 0.05) is 22.5 Å². The number of rotatable bonds is 7. The molecule has 108 valence electrons. The van der Waals surface area contributed by atoms with Crippen molar-refractivity contribution in [3.05, 3.63) is 34.6 Å². The first-order valence-electron chi connectivity index (χ1n) is 7.05. The minimum atomic E-state index is 0.400. The monoisotopic (exact) mass is 337 g/mol. The maximum Gasteiger partial charge on any atom is 0.228 e. The van der Waals surface area contributed by atoms with E-state index in [2.05, 4.69) is 45.2 Å². The first kappa shape index (κ1) is 15.2. The van der Waals surface area contributed by atoms with Crippen molar-refractivity contribution in [3.63, 3.8) is 0 Å². The summed E-state index contributed by atoms with van der Waals surface area (Å²) >= 11 is 3.51. The molecule has 1 unspecified atom stereocenters. The molecule has 1 aromatic heterocycles. The summed E-state index contributed by atoms with van der Waals surface area (Å²) in [6.45, 7) is 5.25. The second-order valence-corrected chi connectivity index (χ2v) is 5.59. The molecule has 0 aliphatic carbocycles. The van der Waals surface area contributed by atoms with Gasteiger partial charge in [-0.25, -0.2) is 0 Å². The first-order chi connectivity index (χ1) is 9.74. The molecule has 0 saturated carbocycles. The predicted octanol–water partition coefficient (Wildman–Crippen LogP) is 3.82. The summed E-state index contributed by atoms with van der Waals surface area (Å²) in [5.74, 6) is 1.33. The molecular weight excluding hydrogens is 318 g/mol. The first-order valence-corrected chi connectivity index (χ1v) is 7.84. The summed E-state index contributed by atoms with van der Waals surface area (Å²) in [6, 6.07) is 8.29. The number of nitrogens with one attached hydrogen (secondary N) is 1. The van der Waals surface area contributed by atoms with Gasteiger partial charge in [-0.1, -0.05) is 53.5 Å². The van der Waals surface area contributed by atoms with Gasteiger partial charge in [-0.15, -0.1) is 0 Å². The molecule has 5 heteroatoms. The largest absolute Gasteiger partial charge is 0.339 e.